The molecule has 122 valence electrons. The fraction of sp³-hybridized carbons (Fsp3) is 0.333. The lowest BCUT2D eigenvalue weighted by Crippen LogP contribution is -2.19. The number of aromatic nitrogens is 3. The van der Waals surface area contributed by atoms with Gasteiger partial charge in [0.05, 0.1) is 23.7 Å². The van der Waals surface area contributed by atoms with Crippen molar-refractivity contribution in [1.29, 1.82) is 0 Å². The van der Waals surface area contributed by atoms with Gasteiger partial charge in [0.15, 0.2) is 5.65 Å². The van der Waals surface area contributed by atoms with Gasteiger partial charge in [0.2, 0.25) is 0 Å². The van der Waals surface area contributed by atoms with Crippen LogP contribution in [0, 0.1) is 6.92 Å². The van der Waals surface area contributed by atoms with Crippen molar-refractivity contribution < 1.29 is 17.6 Å². The van der Waals surface area contributed by atoms with Gasteiger partial charge >= 0.3 is 6.18 Å². The van der Waals surface area contributed by atoms with Gasteiger partial charge in [-0.05, 0) is 19.9 Å². The molecule has 0 aliphatic rings. The summed E-state index contributed by atoms with van der Waals surface area (Å²) in [5.41, 5.74) is 1.15. The molecule has 3 aromatic heterocycles. The van der Waals surface area contributed by atoms with Crippen LogP contribution in [-0.2, 0) is 19.1 Å². The molecule has 0 radical (unpaired) electrons. The van der Waals surface area contributed by atoms with Crippen LogP contribution in [0.1, 0.15) is 22.6 Å². The van der Waals surface area contributed by atoms with E-state index in [0.717, 1.165) is 17.6 Å². The third-order valence-electron chi connectivity index (χ3n) is 3.66. The van der Waals surface area contributed by atoms with Gasteiger partial charge < -0.3 is 9.73 Å². The first-order chi connectivity index (χ1) is 11.0. The Kier molecular flexibility index (Phi) is 4.08. The number of alkyl halides is 3. The highest BCUT2D eigenvalue weighted by atomic mass is 19.4. The molecule has 3 heterocycles. The minimum Gasteiger partial charge on any atom is -0.469 e. The van der Waals surface area contributed by atoms with Crippen LogP contribution in [0.4, 0.5) is 13.2 Å². The summed E-state index contributed by atoms with van der Waals surface area (Å²) in [7, 11) is 0. The second kappa shape index (κ2) is 6.04. The van der Waals surface area contributed by atoms with Crippen molar-refractivity contribution in [3.8, 4) is 0 Å². The summed E-state index contributed by atoms with van der Waals surface area (Å²) in [6.45, 7) is 2.45. The Morgan fingerprint density at radius 2 is 2.13 bits per heavy atom. The van der Waals surface area contributed by atoms with Crippen LogP contribution in [-0.4, -0.2) is 20.9 Å². The minimum atomic E-state index is -4.39. The van der Waals surface area contributed by atoms with Gasteiger partial charge in [-0.15, -0.1) is 0 Å². The van der Waals surface area contributed by atoms with Crippen molar-refractivity contribution in [3.63, 3.8) is 0 Å². The fourth-order valence-corrected chi connectivity index (χ4v) is 2.48. The quantitative estimate of drug-likeness (QED) is 0.733. The van der Waals surface area contributed by atoms with Gasteiger partial charge in [0.1, 0.15) is 12.0 Å². The predicted octanol–water partition coefficient (Wildman–Crippen LogP) is 2.98. The van der Waals surface area contributed by atoms with Gasteiger partial charge in [-0.1, -0.05) is 0 Å². The topological polar surface area (TPSA) is 55.4 Å². The summed E-state index contributed by atoms with van der Waals surface area (Å²) in [5, 5.41) is 3.13. The molecule has 0 atom stereocenters. The lowest BCUT2D eigenvalue weighted by Gasteiger charge is -2.08. The van der Waals surface area contributed by atoms with Crippen molar-refractivity contribution in [2.75, 3.05) is 6.54 Å². The zero-order valence-electron chi connectivity index (χ0n) is 12.4. The average molecular weight is 324 g/mol. The second-order valence-corrected chi connectivity index (χ2v) is 5.16. The normalized spacial score (nSPS) is 12.2. The number of nitrogens with one attached hydrogen (secondary N) is 1. The molecule has 0 saturated carbocycles. The van der Waals surface area contributed by atoms with Crippen LogP contribution in [0.15, 0.2) is 35.5 Å². The fourth-order valence-electron chi connectivity index (χ4n) is 2.48. The maximum Gasteiger partial charge on any atom is 0.419 e. The molecule has 0 unspecified atom stereocenters. The number of nitrogens with zero attached hydrogens (tertiary/aromatic N) is 3. The Bertz CT molecular complexity index is 807. The second-order valence-electron chi connectivity index (χ2n) is 5.16. The first kappa shape index (κ1) is 15.5. The van der Waals surface area contributed by atoms with Gasteiger partial charge in [0, 0.05) is 24.5 Å². The van der Waals surface area contributed by atoms with E-state index in [1.165, 1.54) is 0 Å². The summed E-state index contributed by atoms with van der Waals surface area (Å²) in [6.07, 6.45) is 3.45. The Morgan fingerprint density at radius 3 is 2.91 bits per heavy atom. The number of fused-ring (bicyclic) bond motifs is 1. The van der Waals surface area contributed by atoms with Crippen molar-refractivity contribution in [2.24, 2.45) is 0 Å². The number of imidazole rings is 1. The molecule has 0 spiro atoms. The third-order valence-corrected chi connectivity index (χ3v) is 3.66. The smallest absolute Gasteiger partial charge is 0.419 e. The van der Waals surface area contributed by atoms with Crippen LogP contribution in [0.25, 0.3) is 5.65 Å². The summed E-state index contributed by atoms with van der Waals surface area (Å²) < 4.78 is 45.4. The van der Waals surface area contributed by atoms with Crippen molar-refractivity contribution in [3.05, 3.63) is 53.6 Å². The summed E-state index contributed by atoms with van der Waals surface area (Å²) in [6, 6.07) is 0. The van der Waals surface area contributed by atoms with E-state index in [0.29, 0.717) is 18.8 Å². The van der Waals surface area contributed by atoms with E-state index < -0.39 is 11.7 Å². The van der Waals surface area contributed by atoms with Crippen LogP contribution in [0.5, 0.6) is 0 Å². The molecule has 0 amide bonds. The molecular formula is C15H15F3N4O. The lowest BCUT2D eigenvalue weighted by molar-refractivity contribution is -0.138. The number of aryl methyl sites for hydroxylation is 1. The van der Waals surface area contributed by atoms with Gasteiger partial charge in [-0.25, -0.2) is 4.98 Å². The molecule has 3 aromatic rings. The van der Waals surface area contributed by atoms with Gasteiger partial charge in [0.25, 0.3) is 0 Å². The van der Waals surface area contributed by atoms with Crippen LogP contribution >= 0.6 is 0 Å². The first-order valence-corrected chi connectivity index (χ1v) is 7.07. The molecular weight excluding hydrogens is 309 g/mol. The van der Waals surface area contributed by atoms with Crippen molar-refractivity contribution in [1.82, 2.24) is 19.7 Å². The van der Waals surface area contributed by atoms with E-state index in [-0.39, 0.29) is 12.0 Å². The molecule has 8 heteroatoms. The highest BCUT2D eigenvalue weighted by molar-refractivity contribution is 5.36. The summed E-state index contributed by atoms with van der Waals surface area (Å²) in [5.74, 6) is 0.306. The molecule has 0 aliphatic carbocycles. The van der Waals surface area contributed by atoms with Crippen molar-refractivity contribution >= 4 is 5.65 Å². The Hall–Kier alpha value is -2.35. The number of furan rings is 1. The molecule has 5 nitrogen and oxygen atoms in total. The minimum absolute atomic E-state index is 0.201. The Morgan fingerprint density at radius 1 is 1.30 bits per heavy atom. The van der Waals surface area contributed by atoms with Crippen molar-refractivity contribution in [2.45, 2.75) is 26.1 Å². The molecule has 0 aromatic carbocycles. The molecule has 1 N–H and O–H groups in total. The molecule has 0 fully saturated rings. The third kappa shape index (κ3) is 3.21. The molecule has 0 aliphatic heterocycles. The van der Waals surface area contributed by atoms with Gasteiger partial charge in [-0.3, -0.25) is 9.38 Å². The largest absolute Gasteiger partial charge is 0.469 e. The highest BCUT2D eigenvalue weighted by Crippen LogP contribution is 2.34. The summed E-state index contributed by atoms with van der Waals surface area (Å²) in [4.78, 5) is 8.18. The zero-order valence-corrected chi connectivity index (χ0v) is 12.4. The van der Waals surface area contributed by atoms with E-state index >= 15 is 0 Å². The molecule has 3 rings (SSSR count). The molecule has 0 bridgehead atoms. The van der Waals surface area contributed by atoms with E-state index in [2.05, 4.69) is 15.3 Å². The first-order valence-electron chi connectivity index (χ1n) is 7.07. The standard InChI is InChI=1S/C15H15F3N4O/c1-10-12(13(9-23-10)15(16,17)18)2-3-19-6-11-7-21-14-8-20-4-5-22(11)14/h4-5,7-9,19H,2-3,6H2,1H3. The van der Waals surface area contributed by atoms with E-state index in [1.807, 2.05) is 4.40 Å². The Labute approximate surface area is 130 Å². The highest BCUT2D eigenvalue weighted by Gasteiger charge is 2.35. The van der Waals surface area contributed by atoms with E-state index in [9.17, 15) is 13.2 Å². The average Bonchev–Trinajstić information content (AvgIpc) is 3.07. The molecule has 23 heavy (non-hydrogen) atoms. The van der Waals surface area contributed by atoms with Crippen LogP contribution < -0.4 is 5.32 Å². The maximum absolute atomic E-state index is 12.9. The lowest BCUT2D eigenvalue weighted by atomic mass is 10.1. The maximum atomic E-state index is 12.9. The predicted molar refractivity (Wildman–Crippen MR) is 76.8 cm³/mol. The van der Waals surface area contributed by atoms with E-state index in [1.54, 1.807) is 31.7 Å². The monoisotopic (exact) mass is 324 g/mol. The van der Waals surface area contributed by atoms with Gasteiger partial charge in [-0.2, -0.15) is 13.2 Å². The zero-order chi connectivity index (χ0) is 16.4. The SMILES string of the molecule is Cc1occ(C(F)(F)F)c1CCNCc1cnc2cnccn12. The number of hydrogen-bond acceptors (Lipinski definition) is 4. The number of hydrogen-bond donors (Lipinski definition) is 1. The van der Waals surface area contributed by atoms with Crippen LogP contribution in [0.2, 0.25) is 0 Å². The molecule has 0 saturated heterocycles. The number of halogens is 3. The summed E-state index contributed by atoms with van der Waals surface area (Å²) >= 11 is 0. The Balaban J connectivity index is 1.61. The van der Waals surface area contributed by atoms with Crippen LogP contribution in [0.3, 0.4) is 0 Å². The number of rotatable bonds is 5. The van der Waals surface area contributed by atoms with E-state index in [4.69, 9.17) is 4.42 Å².